The first-order valence-electron chi connectivity index (χ1n) is 6.33. The zero-order valence-corrected chi connectivity index (χ0v) is 14.2. The van der Waals surface area contributed by atoms with Crippen LogP contribution in [0, 0.1) is 27.7 Å². The lowest BCUT2D eigenvalue weighted by Gasteiger charge is -2.12. The van der Waals surface area contributed by atoms with E-state index < -0.39 is 0 Å². The summed E-state index contributed by atoms with van der Waals surface area (Å²) in [5, 5.41) is 0. The van der Waals surface area contributed by atoms with Crippen LogP contribution in [0.3, 0.4) is 0 Å². The fourth-order valence-electron chi connectivity index (χ4n) is 2.06. The molecule has 1 aromatic carbocycles. The molecule has 0 aliphatic heterocycles. The Kier molecular flexibility index (Phi) is 6.27. The van der Waals surface area contributed by atoms with Gasteiger partial charge >= 0.3 is 0 Å². The molecule has 0 nitrogen and oxygen atoms in total. The van der Waals surface area contributed by atoms with Crippen molar-refractivity contribution in [2.75, 3.05) is 6.16 Å². The molecule has 0 fully saturated rings. The fraction of sp³-hybridized carbons (Fsp3) is 0.375. The Labute approximate surface area is 116 Å². The number of hydrogen-bond donors (Lipinski definition) is 0. The first-order valence-corrected chi connectivity index (χ1v) is 9.34. The van der Waals surface area contributed by atoms with Crippen LogP contribution in [0.4, 0.5) is 0 Å². The van der Waals surface area contributed by atoms with Gasteiger partial charge in [0.25, 0.3) is 0 Å². The average Bonchev–Trinajstić information content (AvgIpc) is 2.33. The summed E-state index contributed by atoms with van der Waals surface area (Å²) in [4.78, 5) is 0. The largest absolute Gasteiger partial charge is 0.114 e. The van der Waals surface area contributed by atoms with Gasteiger partial charge in [-0.2, -0.15) is 0 Å². The molecule has 18 heavy (non-hydrogen) atoms. The molecule has 0 aliphatic carbocycles. The quantitative estimate of drug-likeness (QED) is 0.514. The third-order valence-electron chi connectivity index (χ3n) is 3.47. The van der Waals surface area contributed by atoms with Crippen molar-refractivity contribution in [2.24, 2.45) is 0 Å². The van der Waals surface area contributed by atoms with Gasteiger partial charge in [-0.15, -0.1) is 8.93 Å². The number of benzene rings is 1. The Balaban J connectivity index is 3.05. The molecule has 1 rings (SSSR count). The molecule has 0 saturated carbocycles. The molecule has 2 heteroatoms. The second-order valence-electron chi connectivity index (χ2n) is 4.86. The molecule has 2 unspecified atom stereocenters. The van der Waals surface area contributed by atoms with Gasteiger partial charge in [-0.3, -0.25) is 0 Å². The molecule has 0 saturated heterocycles. The third kappa shape index (κ3) is 4.04. The summed E-state index contributed by atoms with van der Waals surface area (Å²) in [6.45, 7) is 11.0. The first-order chi connectivity index (χ1) is 8.47. The minimum atomic E-state index is 0.920. The van der Waals surface area contributed by atoms with Crippen LogP contribution in [0.2, 0.25) is 0 Å². The van der Waals surface area contributed by atoms with Crippen molar-refractivity contribution >= 4 is 23.3 Å². The zero-order valence-electron chi connectivity index (χ0n) is 12.1. The van der Waals surface area contributed by atoms with Gasteiger partial charge in [0, 0.05) is 0 Å². The highest BCUT2D eigenvalue weighted by molar-refractivity contribution is 8.02. The van der Waals surface area contributed by atoms with E-state index in [4.69, 9.17) is 0 Å². The SMILES string of the molecule is CC(/C=C/c1c(C)cc(C)c(C)c1C)=C\CPP. The van der Waals surface area contributed by atoms with E-state index in [0.717, 1.165) is 14.4 Å². The van der Waals surface area contributed by atoms with E-state index in [0.29, 0.717) is 0 Å². The maximum absolute atomic E-state index is 2.79. The van der Waals surface area contributed by atoms with Crippen LogP contribution in [-0.2, 0) is 0 Å². The first kappa shape index (κ1) is 15.6. The van der Waals surface area contributed by atoms with Crippen molar-refractivity contribution in [3.05, 3.63) is 51.6 Å². The van der Waals surface area contributed by atoms with E-state index >= 15 is 0 Å². The maximum Gasteiger partial charge on any atom is -0.0132 e. The maximum atomic E-state index is 2.79. The molecule has 0 bridgehead atoms. The molecule has 2 atom stereocenters. The van der Waals surface area contributed by atoms with Crippen LogP contribution in [0.25, 0.3) is 6.08 Å². The molecule has 0 radical (unpaired) electrons. The normalized spacial score (nSPS) is 13.1. The zero-order chi connectivity index (χ0) is 13.7. The minimum Gasteiger partial charge on any atom is -0.114 e. The minimum absolute atomic E-state index is 0.920. The Morgan fingerprint density at radius 2 is 1.83 bits per heavy atom. The number of aryl methyl sites for hydroxylation is 2. The summed E-state index contributed by atoms with van der Waals surface area (Å²) in [7, 11) is 3.71. The molecule has 0 aliphatic rings. The predicted molar refractivity (Wildman–Crippen MR) is 91.1 cm³/mol. The standard InChI is InChI=1S/C16H24P2/c1-11(8-9-18-17)6-7-16-13(3)10-12(2)14(4)15(16)5/h6-8,10,18H,9,17H2,1-5H3/b7-6+,11-8+. The van der Waals surface area contributed by atoms with Crippen LogP contribution >= 0.6 is 17.2 Å². The monoisotopic (exact) mass is 278 g/mol. The summed E-state index contributed by atoms with van der Waals surface area (Å²) in [6.07, 6.45) is 7.95. The summed E-state index contributed by atoms with van der Waals surface area (Å²) in [6, 6.07) is 2.28. The van der Waals surface area contributed by atoms with E-state index in [-0.39, 0.29) is 0 Å². The molecule has 0 heterocycles. The highest BCUT2D eigenvalue weighted by Crippen LogP contribution is 2.24. The van der Waals surface area contributed by atoms with E-state index in [2.05, 4.69) is 67.8 Å². The van der Waals surface area contributed by atoms with Gasteiger partial charge in [0.05, 0.1) is 0 Å². The van der Waals surface area contributed by atoms with Gasteiger partial charge in [0.15, 0.2) is 0 Å². The molecule has 0 spiro atoms. The number of allylic oxidation sites excluding steroid dienone is 3. The summed E-state index contributed by atoms with van der Waals surface area (Å²) < 4.78 is 0. The summed E-state index contributed by atoms with van der Waals surface area (Å²) in [5.74, 6) is 0. The Hall–Kier alpha value is -0.440. The van der Waals surface area contributed by atoms with E-state index in [1.165, 1.54) is 33.4 Å². The third-order valence-corrected chi connectivity index (χ3v) is 4.62. The number of rotatable bonds is 4. The van der Waals surface area contributed by atoms with Crippen LogP contribution in [0.5, 0.6) is 0 Å². The fourth-order valence-corrected chi connectivity index (χ4v) is 2.86. The topological polar surface area (TPSA) is 0 Å². The lowest BCUT2D eigenvalue weighted by molar-refractivity contribution is 1.22. The molecular weight excluding hydrogens is 254 g/mol. The Bertz CT molecular complexity index is 482. The van der Waals surface area contributed by atoms with Crippen LogP contribution in [0.15, 0.2) is 23.8 Å². The predicted octanol–water partition coefficient (Wildman–Crippen LogP) is 5.35. The van der Waals surface area contributed by atoms with Crippen molar-refractivity contribution in [3.8, 4) is 0 Å². The smallest absolute Gasteiger partial charge is 0.0132 e. The van der Waals surface area contributed by atoms with E-state index in [1.807, 2.05) is 0 Å². The van der Waals surface area contributed by atoms with Crippen LogP contribution < -0.4 is 0 Å². The lowest BCUT2D eigenvalue weighted by atomic mass is 9.94. The molecule has 0 aromatic heterocycles. The van der Waals surface area contributed by atoms with Gasteiger partial charge in [0.2, 0.25) is 0 Å². The van der Waals surface area contributed by atoms with Gasteiger partial charge in [-0.25, -0.2) is 0 Å². The summed E-state index contributed by atoms with van der Waals surface area (Å²) >= 11 is 0. The van der Waals surface area contributed by atoms with Crippen molar-refractivity contribution in [3.63, 3.8) is 0 Å². The second-order valence-corrected chi connectivity index (χ2v) is 6.91. The molecule has 1 aromatic rings. The van der Waals surface area contributed by atoms with Gasteiger partial charge in [-0.05, 0) is 68.6 Å². The average molecular weight is 278 g/mol. The molecular formula is C16H24P2. The molecule has 98 valence electrons. The Morgan fingerprint density at radius 1 is 1.17 bits per heavy atom. The van der Waals surface area contributed by atoms with Gasteiger partial charge in [0.1, 0.15) is 0 Å². The van der Waals surface area contributed by atoms with Gasteiger partial charge in [-0.1, -0.05) is 38.1 Å². The van der Waals surface area contributed by atoms with Gasteiger partial charge < -0.3 is 0 Å². The van der Waals surface area contributed by atoms with Crippen molar-refractivity contribution in [1.29, 1.82) is 0 Å². The molecule has 0 amide bonds. The second kappa shape index (κ2) is 7.22. The van der Waals surface area contributed by atoms with Crippen molar-refractivity contribution in [2.45, 2.75) is 34.6 Å². The van der Waals surface area contributed by atoms with E-state index in [1.54, 1.807) is 0 Å². The van der Waals surface area contributed by atoms with Crippen molar-refractivity contribution < 1.29 is 0 Å². The molecule has 0 N–H and O–H groups in total. The highest BCUT2D eigenvalue weighted by Gasteiger charge is 2.04. The number of hydrogen-bond acceptors (Lipinski definition) is 0. The van der Waals surface area contributed by atoms with Crippen LogP contribution in [-0.4, -0.2) is 6.16 Å². The van der Waals surface area contributed by atoms with Crippen LogP contribution in [0.1, 0.15) is 34.7 Å². The van der Waals surface area contributed by atoms with E-state index in [9.17, 15) is 0 Å². The summed E-state index contributed by atoms with van der Waals surface area (Å²) in [5.41, 5.74) is 8.30. The van der Waals surface area contributed by atoms with Crippen molar-refractivity contribution in [1.82, 2.24) is 0 Å². The Morgan fingerprint density at radius 3 is 2.44 bits per heavy atom. The lowest BCUT2D eigenvalue weighted by Crippen LogP contribution is -1.94. The highest BCUT2D eigenvalue weighted by atomic mass is 32.0.